The molecule has 0 aliphatic carbocycles. The van der Waals surface area contributed by atoms with Crippen molar-refractivity contribution in [3.63, 3.8) is 0 Å². The van der Waals surface area contributed by atoms with Crippen molar-refractivity contribution in [1.29, 1.82) is 0 Å². The van der Waals surface area contributed by atoms with E-state index < -0.39 is 29.9 Å². The maximum Gasteiger partial charge on any atom is 0.325 e. The molecule has 6 nitrogen and oxygen atoms in total. The summed E-state index contributed by atoms with van der Waals surface area (Å²) in [6, 6.07) is 11.6. The molecule has 1 heterocycles. The van der Waals surface area contributed by atoms with Gasteiger partial charge in [0.2, 0.25) is 5.91 Å². The molecule has 4 amide bonds. The molecule has 0 aromatic heterocycles. The molecule has 0 radical (unpaired) electrons. The lowest BCUT2D eigenvalue weighted by molar-refractivity contribution is -0.133. The SMILES string of the molecule is Cc1ccc(NC(=O)CN2C(=O)NC(C)(c3ccccc3Br)C2=O)cc1Cl. The number of carbonyl (C=O) groups is 3. The average Bonchev–Trinajstić information content (AvgIpc) is 2.82. The zero-order valence-corrected chi connectivity index (χ0v) is 17.0. The summed E-state index contributed by atoms with van der Waals surface area (Å²) in [6.45, 7) is 3.07. The average molecular weight is 451 g/mol. The number of nitrogens with zero attached hydrogens (tertiary/aromatic N) is 1. The number of halogens is 2. The minimum atomic E-state index is -1.25. The summed E-state index contributed by atoms with van der Waals surface area (Å²) in [5, 5.41) is 5.85. The third-order valence-corrected chi connectivity index (χ3v) is 5.54. The third-order valence-electron chi connectivity index (χ3n) is 4.44. The molecule has 1 atom stereocenters. The standard InChI is InChI=1S/C19H17BrClN3O3/c1-11-7-8-12(9-15(11)21)22-16(25)10-24-17(26)19(2,23-18(24)27)13-5-3-4-6-14(13)20/h3-9H,10H2,1-2H3,(H,22,25)(H,23,27). The van der Waals surface area contributed by atoms with Crippen molar-refractivity contribution < 1.29 is 14.4 Å². The Bertz CT molecular complexity index is 950. The van der Waals surface area contributed by atoms with Crippen LogP contribution in [-0.4, -0.2) is 29.3 Å². The van der Waals surface area contributed by atoms with Gasteiger partial charge in [-0.05, 0) is 37.6 Å². The molecule has 1 aliphatic heterocycles. The van der Waals surface area contributed by atoms with E-state index in [1.54, 1.807) is 43.3 Å². The molecular formula is C19H17BrClN3O3. The van der Waals surface area contributed by atoms with E-state index in [1.807, 2.05) is 13.0 Å². The molecule has 27 heavy (non-hydrogen) atoms. The molecule has 0 spiro atoms. The Morgan fingerprint density at radius 2 is 1.96 bits per heavy atom. The molecule has 140 valence electrons. The lowest BCUT2D eigenvalue weighted by atomic mass is 9.92. The van der Waals surface area contributed by atoms with Gasteiger partial charge in [-0.15, -0.1) is 0 Å². The van der Waals surface area contributed by atoms with Gasteiger partial charge in [-0.3, -0.25) is 14.5 Å². The highest BCUT2D eigenvalue weighted by Gasteiger charge is 2.50. The third kappa shape index (κ3) is 3.70. The van der Waals surface area contributed by atoms with Crippen molar-refractivity contribution in [2.24, 2.45) is 0 Å². The topological polar surface area (TPSA) is 78.5 Å². The summed E-state index contributed by atoms with van der Waals surface area (Å²) in [5.41, 5.74) is 0.755. The monoisotopic (exact) mass is 449 g/mol. The van der Waals surface area contributed by atoms with E-state index in [9.17, 15) is 14.4 Å². The minimum absolute atomic E-state index is 0.393. The molecule has 1 fully saturated rings. The predicted molar refractivity (Wildman–Crippen MR) is 107 cm³/mol. The Morgan fingerprint density at radius 1 is 1.26 bits per heavy atom. The lowest BCUT2D eigenvalue weighted by Crippen LogP contribution is -2.42. The number of nitrogens with one attached hydrogen (secondary N) is 2. The van der Waals surface area contributed by atoms with Gasteiger partial charge in [0.05, 0.1) is 0 Å². The Kier molecular flexibility index (Phi) is 5.26. The van der Waals surface area contributed by atoms with Gasteiger partial charge >= 0.3 is 6.03 Å². The second-order valence-corrected chi connectivity index (χ2v) is 7.70. The van der Waals surface area contributed by atoms with Crippen LogP contribution in [-0.2, 0) is 15.1 Å². The summed E-state index contributed by atoms with van der Waals surface area (Å²) in [7, 11) is 0. The Balaban J connectivity index is 1.76. The fourth-order valence-electron chi connectivity index (χ4n) is 2.90. The summed E-state index contributed by atoms with van der Waals surface area (Å²) in [4.78, 5) is 38.5. The highest BCUT2D eigenvalue weighted by molar-refractivity contribution is 9.10. The highest BCUT2D eigenvalue weighted by Crippen LogP contribution is 2.33. The van der Waals surface area contributed by atoms with E-state index in [-0.39, 0.29) is 0 Å². The summed E-state index contributed by atoms with van der Waals surface area (Å²) < 4.78 is 0.696. The molecule has 2 aromatic carbocycles. The zero-order valence-electron chi connectivity index (χ0n) is 14.7. The molecule has 2 aromatic rings. The van der Waals surface area contributed by atoms with E-state index in [1.165, 1.54) is 0 Å². The van der Waals surface area contributed by atoms with Crippen LogP contribution in [0.4, 0.5) is 10.5 Å². The van der Waals surface area contributed by atoms with Crippen molar-refractivity contribution in [3.8, 4) is 0 Å². The first kappa shape index (κ1) is 19.4. The van der Waals surface area contributed by atoms with Crippen LogP contribution < -0.4 is 10.6 Å². The number of hydrogen-bond donors (Lipinski definition) is 2. The molecule has 1 saturated heterocycles. The van der Waals surface area contributed by atoms with E-state index in [4.69, 9.17) is 11.6 Å². The lowest BCUT2D eigenvalue weighted by Gasteiger charge is -2.23. The second kappa shape index (κ2) is 7.32. The largest absolute Gasteiger partial charge is 0.325 e. The minimum Gasteiger partial charge on any atom is -0.324 e. The normalized spacial score (nSPS) is 19.2. The molecule has 1 unspecified atom stereocenters. The first-order valence-corrected chi connectivity index (χ1v) is 9.34. The van der Waals surface area contributed by atoms with Crippen LogP contribution in [0.2, 0.25) is 5.02 Å². The number of hydrogen-bond acceptors (Lipinski definition) is 3. The van der Waals surface area contributed by atoms with Crippen molar-refractivity contribution in [3.05, 3.63) is 63.1 Å². The first-order chi connectivity index (χ1) is 12.7. The van der Waals surface area contributed by atoms with Crippen LogP contribution >= 0.6 is 27.5 Å². The molecule has 3 rings (SSSR count). The van der Waals surface area contributed by atoms with E-state index in [0.29, 0.717) is 20.7 Å². The number of imide groups is 1. The van der Waals surface area contributed by atoms with E-state index in [2.05, 4.69) is 26.6 Å². The smallest absolute Gasteiger partial charge is 0.324 e. The maximum absolute atomic E-state index is 12.9. The molecule has 1 aliphatic rings. The number of amides is 4. The van der Waals surface area contributed by atoms with Gasteiger partial charge in [0.15, 0.2) is 0 Å². The van der Waals surface area contributed by atoms with Crippen LogP contribution in [0.15, 0.2) is 46.9 Å². The van der Waals surface area contributed by atoms with Crippen molar-refractivity contribution in [1.82, 2.24) is 10.2 Å². The number of carbonyl (C=O) groups excluding carboxylic acids is 3. The van der Waals surface area contributed by atoms with Gasteiger partial charge in [0.25, 0.3) is 5.91 Å². The predicted octanol–water partition coefficient (Wildman–Crippen LogP) is 3.82. The number of urea groups is 1. The van der Waals surface area contributed by atoms with Crippen LogP contribution in [0.25, 0.3) is 0 Å². The molecule has 0 bridgehead atoms. The summed E-state index contributed by atoms with van der Waals surface area (Å²) in [5.74, 6) is -0.980. The second-order valence-electron chi connectivity index (χ2n) is 6.44. The maximum atomic E-state index is 12.9. The number of anilines is 1. The molecule has 0 saturated carbocycles. The van der Waals surface area contributed by atoms with Gasteiger partial charge in [-0.1, -0.05) is 51.8 Å². The van der Waals surface area contributed by atoms with Crippen molar-refractivity contribution >= 4 is 51.1 Å². The molecule has 2 N–H and O–H groups in total. The molecule has 8 heteroatoms. The van der Waals surface area contributed by atoms with Crippen LogP contribution in [0, 0.1) is 6.92 Å². The van der Waals surface area contributed by atoms with Gasteiger partial charge in [-0.25, -0.2) is 4.79 Å². The number of rotatable bonds is 4. The number of aryl methyl sites for hydroxylation is 1. The van der Waals surface area contributed by atoms with Crippen LogP contribution in [0.5, 0.6) is 0 Å². The van der Waals surface area contributed by atoms with Gasteiger partial charge in [0.1, 0.15) is 12.1 Å². The van der Waals surface area contributed by atoms with Gasteiger partial charge in [0, 0.05) is 20.7 Å². The van der Waals surface area contributed by atoms with Crippen LogP contribution in [0.1, 0.15) is 18.1 Å². The fraction of sp³-hybridized carbons (Fsp3) is 0.211. The summed E-state index contributed by atoms with van der Waals surface area (Å²) in [6.07, 6.45) is 0. The Morgan fingerprint density at radius 3 is 2.63 bits per heavy atom. The Hall–Kier alpha value is -2.38. The molecular weight excluding hydrogens is 434 g/mol. The Labute approximate surface area is 170 Å². The number of benzene rings is 2. The van der Waals surface area contributed by atoms with Gasteiger partial charge in [-0.2, -0.15) is 0 Å². The van der Waals surface area contributed by atoms with Crippen LogP contribution in [0.3, 0.4) is 0 Å². The van der Waals surface area contributed by atoms with E-state index >= 15 is 0 Å². The quantitative estimate of drug-likeness (QED) is 0.695. The highest BCUT2D eigenvalue weighted by atomic mass is 79.9. The first-order valence-electron chi connectivity index (χ1n) is 8.17. The van der Waals surface area contributed by atoms with Crippen molar-refractivity contribution in [2.75, 3.05) is 11.9 Å². The zero-order chi connectivity index (χ0) is 19.8. The van der Waals surface area contributed by atoms with Gasteiger partial charge < -0.3 is 10.6 Å². The van der Waals surface area contributed by atoms with Crippen molar-refractivity contribution in [2.45, 2.75) is 19.4 Å². The van der Waals surface area contributed by atoms with E-state index in [0.717, 1.165) is 10.5 Å². The summed E-state index contributed by atoms with van der Waals surface area (Å²) >= 11 is 9.45. The fourth-order valence-corrected chi connectivity index (χ4v) is 3.77.